The molecule has 1 N–H and O–H groups in total. The minimum Gasteiger partial charge on any atom is -0.341 e. The predicted octanol–water partition coefficient (Wildman–Crippen LogP) is 1.32. The maximum Gasteiger partial charge on any atom is 0.242 e. The molecule has 0 aliphatic carbocycles. The largest absolute Gasteiger partial charge is 0.341 e. The summed E-state index contributed by atoms with van der Waals surface area (Å²) in [5.41, 5.74) is -0.428. The molecule has 1 amide bonds. The van der Waals surface area contributed by atoms with Gasteiger partial charge in [-0.15, -0.1) is 0 Å². The van der Waals surface area contributed by atoms with Gasteiger partial charge in [-0.05, 0) is 59.2 Å². The van der Waals surface area contributed by atoms with Crippen molar-refractivity contribution in [3.05, 3.63) is 0 Å². The Labute approximate surface area is 117 Å². The molecule has 2 aliphatic heterocycles. The molecule has 2 heterocycles. The fourth-order valence-electron chi connectivity index (χ4n) is 3.75. The van der Waals surface area contributed by atoms with Gasteiger partial charge < -0.3 is 15.1 Å². The molecule has 0 saturated carbocycles. The number of hydrogen-bond acceptors (Lipinski definition) is 3. The van der Waals surface area contributed by atoms with Crippen LogP contribution in [0.2, 0.25) is 0 Å². The van der Waals surface area contributed by atoms with Gasteiger partial charge in [-0.2, -0.15) is 0 Å². The quantitative estimate of drug-likeness (QED) is 0.837. The summed E-state index contributed by atoms with van der Waals surface area (Å²) in [6.07, 6.45) is 3.69. The molecule has 0 spiro atoms. The normalized spacial score (nSPS) is 29.2. The Morgan fingerprint density at radius 2 is 2.05 bits per heavy atom. The molecule has 0 aromatic carbocycles. The smallest absolute Gasteiger partial charge is 0.242 e. The van der Waals surface area contributed by atoms with E-state index >= 15 is 0 Å². The van der Waals surface area contributed by atoms with Crippen molar-refractivity contribution in [2.75, 3.05) is 33.2 Å². The van der Waals surface area contributed by atoms with Gasteiger partial charge in [-0.3, -0.25) is 4.79 Å². The maximum absolute atomic E-state index is 12.6. The summed E-state index contributed by atoms with van der Waals surface area (Å²) in [7, 11) is 2.23. The Kier molecular flexibility index (Phi) is 4.51. The Morgan fingerprint density at radius 1 is 1.32 bits per heavy atom. The van der Waals surface area contributed by atoms with Crippen molar-refractivity contribution in [3.63, 3.8) is 0 Å². The minimum absolute atomic E-state index is 0.265. The summed E-state index contributed by atoms with van der Waals surface area (Å²) in [5.74, 6) is 0.940. The molecule has 2 atom stereocenters. The van der Waals surface area contributed by atoms with E-state index in [4.69, 9.17) is 0 Å². The second-order valence-electron chi connectivity index (χ2n) is 6.65. The lowest BCUT2D eigenvalue weighted by molar-refractivity contribution is -0.140. The van der Waals surface area contributed by atoms with Gasteiger partial charge in [-0.1, -0.05) is 6.92 Å². The summed E-state index contributed by atoms with van der Waals surface area (Å²) in [4.78, 5) is 17.2. The lowest BCUT2D eigenvalue weighted by Gasteiger charge is -2.47. The molecule has 4 nitrogen and oxygen atoms in total. The van der Waals surface area contributed by atoms with Gasteiger partial charge in [0.2, 0.25) is 5.91 Å². The first-order valence-corrected chi connectivity index (χ1v) is 7.70. The molecule has 0 aromatic heterocycles. The molecule has 2 rings (SSSR count). The SMILES string of the molecule is CCNC(C)(C)C(=O)N1CCC2C(CCCN2C)C1. The molecule has 19 heavy (non-hydrogen) atoms. The first-order valence-electron chi connectivity index (χ1n) is 7.70. The van der Waals surface area contributed by atoms with Crippen LogP contribution in [0.25, 0.3) is 0 Å². The number of likely N-dealkylation sites (tertiary alicyclic amines) is 2. The van der Waals surface area contributed by atoms with Gasteiger partial charge >= 0.3 is 0 Å². The van der Waals surface area contributed by atoms with Gasteiger partial charge in [0.05, 0.1) is 5.54 Å². The van der Waals surface area contributed by atoms with Crippen molar-refractivity contribution in [1.82, 2.24) is 15.1 Å². The van der Waals surface area contributed by atoms with Crippen molar-refractivity contribution in [1.29, 1.82) is 0 Å². The average Bonchev–Trinajstić information content (AvgIpc) is 2.37. The highest BCUT2D eigenvalue weighted by Gasteiger charge is 2.39. The van der Waals surface area contributed by atoms with E-state index in [9.17, 15) is 4.79 Å². The molecule has 2 unspecified atom stereocenters. The molecule has 2 saturated heterocycles. The zero-order chi connectivity index (χ0) is 14.0. The van der Waals surface area contributed by atoms with Gasteiger partial charge in [0.15, 0.2) is 0 Å². The number of amides is 1. The number of likely N-dealkylation sites (N-methyl/N-ethyl adjacent to an activating group) is 1. The molecule has 2 fully saturated rings. The molecule has 110 valence electrons. The number of carbonyl (C=O) groups excluding carboxylic acids is 1. The summed E-state index contributed by atoms with van der Waals surface area (Å²) >= 11 is 0. The Hall–Kier alpha value is -0.610. The average molecular weight is 267 g/mol. The Morgan fingerprint density at radius 3 is 2.74 bits per heavy atom. The first kappa shape index (κ1) is 14.8. The van der Waals surface area contributed by atoms with Crippen molar-refractivity contribution >= 4 is 5.91 Å². The third kappa shape index (κ3) is 3.11. The number of rotatable bonds is 3. The van der Waals surface area contributed by atoms with Gasteiger partial charge in [0.25, 0.3) is 0 Å². The molecule has 0 aromatic rings. The van der Waals surface area contributed by atoms with Crippen LogP contribution in [0.3, 0.4) is 0 Å². The minimum atomic E-state index is -0.428. The van der Waals surface area contributed by atoms with Crippen LogP contribution in [-0.2, 0) is 4.79 Å². The van der Waals surface area contributed by atoms with Crippen LogP contribution in [0, 0.1) is 5.92 Å². The van der Waals surface area contributed by atoms with Crippen molar-refractivity contribution in [2.24, 2.45) is 5.92 Å². The topological polar surface area (TPSA) is 35.6 Å². The molecule has 4 heteroatoms. The van der Waals surface area contributed by atoms with E-state index in [1.54, 1.807) is 0 Å². The van der Waals surface area contributed by atoms with Gasteiger partial charge in [0.1, 0.15) is 0 Å². The van der Waals surface area contributed by atoms with Crippen LogP contribution in [0.4, 0.5) is 0 Å². The lowest BCUT2D eigenvalue weighted by Crippen LogP contribution is -2.60. The summed E-state index contributed by atoms with van der Waals surface area (Å²) < 4.78 is 0. The van der Waals surface area contributed by atoms with E-state index in [0.717, 1.165) is 26.1 Å². The fraction of sp³-hybridized carbons (Fsp3) is 0.933. The summed E-state index contributed by atoms with van der Waals surface area (Å²) in [6.45, 7) is 9.97. The van der Waals surface area contributed by atoms with E-state index in [1.807, 2.05) is 13.8 Å². The number of nitrogens with zero attached hydrogens (tertiary/aromatic N) is 2. The van der Waals surface area contributed by atoms with Crippen LogP contribution in [-0.4, -0.2) is 60.5 Å². The van der Waals surface area contributed by atoms with Crippen molar-refractivity contribution in [3.8, 4) is 0 Å². The zero-order valence-corrected chi connectivity index (χ0v) is 12.9. The first-order chi connectivity index (χ1) is 8.95. The van der Waals surface area contributed by atoms with Crippen LogP contribution < -0.4 is 5.32 Å². The number of hydrogen-bond donors (Lipinski definition) is 1. The van der Waals surface area contributed by atoms with Crippen LogP contribution >= 0.6 is 0 Å². The van der Waals surface area contributed by atoms with E-state index in [-0.39, 0.29) is 5.91 Å². The van der Waals surface area contributed by atoms with Crippen LogP contribution in [0.15, 0.2) is 0 Å². The standard InChI is InChI=1S/C15H29N3O/c1-5-16-15(2,3)14(19)18-10-8-13-12(11-18)7-6-9-17(13)4/h12-13,16H,5-11H2,1-4H3. The molecule has 0 bridgehead atoms. The highest BCUT2D eigenvalue weighted by molar-refractivity contribution is 5.85. The Bertz CT molecular complexity index is 329. The molecule has 2 aliphatic rings. The van der Waals surface area contributed by atoms with E-state index in [0.29, 0.717) is 12.0 Å². The third-order valence-corrected chi connectivity index (χ3v) is 4.79. The highest BCUT2D eigenvalue weighted by Crippen LogP contribution is 2.30. The van der Waals surface area contributed by atoms with E-state index in [1.165, 1.54) is 19.4 Å². The molecule has 0 radical (unpaired) electrons. The van der Waals surface area contributed by atoms with E-state index < -0.39 is 5.54 Å². The fourth-order valence-corrected chi connectivity index (χ4v) is 3.75. The molecular formula is C15H29N3O. The monoisotopic (exact) mass is 267 g/mol. The van der Waals surface area contributed by atoms with Crippen molar-refractivity contribution in [2.45, 2.75) is 51.6 Å². The van der Waals surface area contributed by atoms with Gasteiger partial charge in [0, 0.05) is 19.1 Å². The Balaban J connectivity index is 1.99. The predicted molar refractivity (Wildman–Crippen MR) is 78.1 cm³/mol. The van der Waals surface area contributed by atoms with Crippen LogP contribution in [0.5, 0.6) is 0 Å². The number of carbonyl (C=O) groups is 1. The zero-order valence-electron chi connectivity index (χ0n) is 12.9. The van der Waals surface area contributed by atoms with Crippen molar-refractivity contribution < 1.29 is 4.79 Å². The second-order valence-corrected chi connectivity index (χ2v) is 6.65. The summed E-state index contributed by atoms with van der Waals surface area (Å²) in [5, 5.41) is 3.30. The highest BCUT2D eigenvalue weighted by atomic mass is 16.2. The van der Waals surface area contributed by atoms with Crippen LogP contribution in [0.1, 0.15) is 40.0 Å². The number of fused-ring (bicyclic) bond motifs is 1. The molecular weight excluding hydrogens is 238 g/mol. The number of nitrogens with one attached hydrogen (secondary N) is 1. The maximum atomic E-state index is 12.6. The summed E-state index contributed by atoms with van der Waals surface area (Å²) in [6, 6.07) is 0.694. The second kappa shape index (κ2) is 5.80. The van der Waals surface area contributed by atoms with E-state index in [2.05, 4.69) is 29.1 Å². The van der Waals surface area contributed by atoms with Gasteiger partial charge in [-0.25, -0.2) is 0 Å². The third-order valence-electron chi connectivity index (χ3n) is 4.79. The lowest BCUT2D eigenvalue weighted by atomic mass is 9.83. The number of piperidine rings is 2.